The molecule has 0 bridgehead atoms. The van der Waals surface area contributed by atoms with Gasteiger partial charge in [-0.05, 0) is 44.6 Å². The zero-order chi connectivity index (χ0) is 14.4. The molecule has 0 spiro atoms. The smallest absolute Gasteiger partial charge is 0.0624 e. The van der Waals surface area contributed by atoms with Crippen LogP contribution in [0.3, 0.4) is 0 Å². The van der Waals surface area contributed by atoms with Gasteiger partial charge in [0.25, 0.3) is 0 Å². The number of thioether (sulfide) groups is 1. The maximum atomic E-state index is 4.69. The SMILES string of the molecule is CCNC(Cc1cc(CC)nn1CC)C1CCCCS1. The second-order valence-electron chi connectivity index (χ2n) is 5.57. The molecule has 0 saturated carbocycles. The van der Waals surface area contributed by atoms with Crippen molar-refractivity contribution < 1.29 is 0 Å². The minimum atomic E-state index is 0.594. The van der Waals surface area contributed by atoms with E-state index in [1.165, 1.54) is 36.4 Å². The molecule has 0 amide bonds. The van der Waals surface area contributed by atoms with Crippen molar-refractivity contribution in [3.8, 4) is 0 Å². The fourth-order valence-electron chi connectivity index (χ4n) is 3.03. The molecule has 2 rings (SSSR count). The van der Waals surface area contributed by atoms with Gasteiger partial charge in [0.2, 0.25) is 0 Å². The van der Waals surface area contributed by atoms with Gasteiger partial charge >= 0.3 is 0 Å². The third kappa shape index (κ3) is 4.01. The van der Waals surface area contributed by atoms with Crippen LogP contribution in [0, 0.1) is 0 Å². The molecule has 0 aliphatic carbocycles. The van der Waals surface area contributed by atoms with Crippen LogP contribution < -0.4 is 5.32 Å². The zero-order valence-electron chi connectivity index (χ0n) is 13.2. The highest BCUT2D eigenvalue weighted by molar-refractivity contribution is 8.00. The van der Waals surface area contributed by atoms with Gasteiger partial charge in [0.15, 0.2) is 0 Å². The summed E-state index contributed by atoms with van der Waals surface area (Å²) in [4.78, 5) is 0. The molecule has 0 radical (unpaired) electrons. The zero-order valence-corrected chi connectivity index (χ0v) is 14.0. The van der Waals surface area contributed by atoms with Gasteiger partial charge < -0.3 is 5.32 Å². The summed E-state index contributed by atoms with van der Waals surface area (Å²) in [6.45, 7) is 8.63. The molecule has 2 atom stereocenters. The standard InChI is InChI=1S/C16H29N3S/c1-4-13-11-14(19(6-3)18-13)12-15(17-5-2)16-9-7-8-10-20-16/h11,15-17H,4-10,12H2,1-3H3. The van der Waals surface area contributed by atoms with Gasteiger partial charge in [-0.25, -0.2) is 0 Å². The van der Waals surface area contributed by atoms with E-state index in [-0.39, 0.29) is 0 Å². The molecule has 114 valence electrons. The summed E-state index contributed by atoms with van der Waals surface area (Å²) in [5.74, 6) is 1.33. The molecule has 0 aromatic carbocycles. The predicted octanol–water partition coefficient (Wildman–Crippen LogP) is 3.27. The van der Waals surface area contributed by atoms with Crippen LogP contribution in [-0.4, -0.2) is 33.4 Å². The Hall–Kier alpha value is -0.480. The lowest BCUT2D eigenvalue weighted by atomic mass is 10.0. The topological polar surface area (TPSA) is 29.9 Å². The van der Waals surface area contributed by atoms with Gasteiger partial charge in [-0.15, -0.1) is 0 Å². The molecule has 1 saturated heterocycles. The Morgan fingerprint density at radius 1 is 1.40 bits per heavy atom. The number of aryl methyl sites for hydroxylation is 2. The van der Waals surface area contributed by atoms with Crippen LogP contribution >= 0.6 is 11.8 Å². The molecule has 1 aromatic heterocycles. The maximum absolute atomic E-state index is 4.69. The molecule has 4 heteroatoms. The van der Waals surface area contributed by atoms with Gasteiger partial charge in [0.1, 0.15) is 0 Å². The van der Waals surface area contributed by atoms with E-state index in [9.17, 15) is 0 Å². The number of nitrogens with zero attached hydrogens (tertiary/aromatic N) is 2. The normalized spacial score (nSPS) is 21.1. The van der Waals surface area contributed by atoms with Crippen molar-refractivity contribution in [1.29, 1.82) is 0 Å². The van der Waals surface area contributed by atoms with Crippen molar-refractivity contribution >= 4 is 11.8 Å². The van der Waals surface area contributed by atoms with Gasteiger partial charge in [-0.2, -0.15) is 16.9 Å². The molecule has 1 fully saturated rings. The first kappa shape index (κ1) is 15.9. The second-order valence-corrected chi connectivity index (χ2v) is 6.92. The molecular formula is C16H29N3S. The molecule has 2 unspecified atom stereocenters. The van der Waals surface area contributed by atoms with E-state index in [4.69, 9.17) is 0 Å². The number of hydrogen-bond donors (Lipinski definition) is 1. The number of nitrogens with one attached hydrogen (secondary N) is 1. The van der Waals surface area contributed by atoms with Gasteiger partial charge in [-0.3, -0.25) is 4.68 Å². The van der Waals surface area contributed by atoms with E-state index >= 15 is 0 Å². The Morgan fingerprint density at radius 2 is 2.25 bits per heavy atom. The highest BCUT2D eigenvalue weighted by Gasteiger charge is 2.25. The average Bonchev–Trinajstić information content (AvgIpc) is 2.90. The van der Waals surface area contributed by atoms with Crippen LogP contribution in [0.1, 0.15) is 51.4 Å². The average molecular weight is 295 g/mol. The summed E-state index contributed by atoms with van der Waals surface area (Å²) >= 11 is 2.16. The van der Waals surface area contributed by atoms with Gasteiger partial charge in [0.05, 0.1) is 5.69 Å². The van der Waals surface area contributed by atoms with Gasteiger partial charge in [0, 0.05) is 30.0 Å². The molecule has 1 N–H and O–H groups in total. The van der Waals surface area contributed by atoms with Crippen molar-refractivity contribution in [1.82, 2.24) is 15.1 Å². The monoisotopic (exact) mass is 295 g/mol. The molecular weight excluding hydrogens is 266 g/mol. The fourth-order valence-corrected chi connectivity index (χ4v) is 4.46. The number of hydrogen-bond acceptors (Lipinski definition) is 3. The van der Waals surface area contributed by atoms with E-state index in [2.05, 4.69) is 53.7 Å². The molecule has 20 heavy (non-hydrogen) atoms. The summed E-state index contributed by atoms with van der Waals surface area (Å²) in [6.07, 6.45) is 6.30. The first-order valence-corrected chi connectivity index (χ1v) is 9.23. The number of aromatic nitrogens is 2. The quantitative estimate of drug-likeness (QED) is 0.837. The fraction of sp³-hybridized carbons (Fsp3) is 0.812. The van der Waals surface area contributed by atoms with Crippen molar-refractivity contribution in [2.75, 3.05) is 12.3 Å². The summed E-state index contributed by atoms with van der Waals surface area (Å²) in [5, 5.41) is 9.18. The Morgan fingerprint density at radius 3 is 2.85 bits per heavy atom. The molecule has 1 aliphatic rings. The van der Waals surface area contributed by atoms with E-state index < -0.39 is 0 Å². The Balaban J connectivity index is 2.08. The van der Waals surface area contributed by atoms with Crippen molar-refractivity contribution in [3.63, 3.8) is 0 Å². The lowest BCUT2D eigenvalue weighted by Crippen LogP contribution is -2.41. The highest BCUT2D eigenvalue weighted by atomic mass is 32.2. The van der Waals surface area contributed by atoms with Crippen molar-refractivity contribution in [2.45, 2.75) is 70.7 Å². The first-order valence-electron chi connectivity index (χ1n) is 8.19. The third-order valence-corrected chi connectivity index (χ3v) is 5.65. The third-order valence-electron chi connectivity index (χ3n) is 4.13. The predicted molar refractivity (Wildman–Crippen MR) is 88.5 cm³/mol. The first-order chi connectivity index (χ1) is 9.78. The summed E-state index contributed by atoms with van der Waals surface area (Å²) in [7, 11) is 0. The highest BCUT2D eigenvalue weighted by Crippen LogP contribution is 2.29. The summed E-state index contributed by atoms with van der Waals surface area (Å²) in [5.41, 5.74) is 2.63. The number of likely N-dealkylation sites (N-methyl/N-ethyl adjacent to an activating group) is 1. The largest absolute Gasteiger partial charge is 0.313 e. The Labute approximate surface area is 127 Å². The Bertz CT molecular complexity index is 396. The molecule has 1 aromatic rings. The van der Waals surface area contributed by atoms with Crippen LogP contribution in [0.2, 0.25) is 0 Å². The van der Waals surface area contributed by atoms with Crippen molar-refractivity contribution in [2.24, 2.45) is 0 Å². The van der Waals surface area contributed by atoms with Crippen LogP contribution in [0.5, 0.6) is 0 Å². The minimum Gasteiger partial charge on any atom is -0.313 e. The minimum absolute atomic E-state index is 0.594. The lowest BCUT2D eigenvalue weighted by molar-refractivity contribution is 0.456. The Kier molecular flexibility index (Phi) is 6.43. The molecule has 3 nitrogen and oxygen atoms in total. The van der Waals surface area contributed by atoms with Gasteiger partial charge in [-0.1, -0.05) is 20.3 Å². The van der Waals surface area contributed by atoms with E-state index in [1.807, 2.05) is 0 Å². The van der Waals surface area contributed by atoms with E-state index in [0.717, 1.165) is 31.2 Å². The van der Waals surface area contributed by atoms with E-state index in [1.54, 1.807) is 0 Å². The summed E-state index contributed by atoms with van der Waals surface area (Å²) in [6, 6.07) is 2.90. The van der Waals surface area contributed by atoms with E-state index in [0.29, 0.717) is 6.04 Å². The second kappa shape index (κ2) is 8.08. The summed E-state index contributed by atoms with van der Waals surface area (Å²) < 4.78 is 2.19. The van der Waals surface area contributed by atoms with Crippen LogP contribution in [-0.2, 0) is 19.4 Å². The molecule has 2 heterocycles. The maximum Gasteiger partial charge on any atom is 0.0624 e. The number of rotatable bonds is 7. The van der Waals surface area contributed by atoms with Crippen LogP contribution in [0.4, 0.5) is 0 Å². The van der Waals surface area contributed by atoms with Crippen LogP contribution in [0.25, 0.3) is 0 Å². The van der Waals surface area contributed by atoms with Crippen molar-refractivity contribution in [3.05, 3.63) is 17.5 Å². The molecule has 1 aliphatic heterocycles. The van der Waals surface area contributed by atoms with Crippen LogP contribution in [0.15, 0.2) is 6.07 Å². The lowest BCUT2D eigenvalue weighted by Gasteiger charge is -2.30.